The zero-order chi connectivity index (χ0) is 13.9. The lowest BCUT2D eigenvalue weighted by molar-refractivity contribution is -0.182. The summed E-state index contributed by atoms with van der Waals surface area (Å²) >= 11 is 0. The highest BCUT2D eigenvalue weighted by molar-refractivity contribution is 6.01. The van der Waals surface area contributed by atoms with Crippen molar-refractivity contribution in [3.63, 3.8) is 0 Å². The molecule has 0 saturated carbocycles. The van der Waals surface area contributed by atoms with Gasteiger partial charge in [0.1, 0.15) is 0 Å². The van der Waals surface area contributed by atoms with E-state index in [9.17, 15) is 14.7 Å². The molecular formula is C14H17NO4. The van der Waals surface area contributed by atoms with Crippen LogP contribution in [0.4, 0.5) is 0 Å². The van der Waals surface area contributed by atoms with Crippen molar-refractivity contribution in [3.8, 4) is 0 Å². The quantitative estimate of drug-likeness (QED) is 0.637. The maximum atomic E-state index is 11.8. The standard InChI is InChI=1S/C14H17NO4/c1-2-19-13(18)14(12(16)17)9-15(10-14)8-11-6-4-3-5-7-11/h3-7H,2,8-10H2,1H3,(H,16,17). The molecule has 5 heteroatoms. The molecule has 0 unspecified atom stereocenters. The predicted octanol–water partition coefficient (Wildman–Crippen LogP) is 1.14. The van der Waals surface area contributed by atoms with Crippen molar-refractivity contribution in [1.29, 1.82) is 0 Å². The summed E-state index contributed by atoms with van der Waals surface area (Å²) in [4.78, 5) is 25.0. The summed E-state index contributed by atoms with van der Waals surface area (Å²) < 4.78 is 4.86. The lowest BCUT2D eigenvalue weighted by Gasteiger charge is -2.44. The molecule has 0 aliphatic carbocycles. The molecule has 1 aliphatic heterocycles. The van der Waals surface area contributed by atoms with Gasteiger partial charge in [-0.25, -0.2) is 0 Å². The van der Waals surface area contributed by atoms with Gasteiger partial charge in [-0.2, -0.15) is 0 Å². The zero-order valence-corrected chi connectivity index (χ0v) is 10.8. The van der Waals surface area contributed by atoms with Gasteiger partial charge >= 0.3 is 11.9 Å². The van der Waals surface area contributed by atoms with E-state index in [0.29, 0.717) is 6.54 Å². The molecular weight excluding hydrogens is 246 g/mol. The van der Waals surface area contributed by atoms with Crippen LogP contribution in [0.3, 0.4) is 0 Å². The number of carboxylic acid groups (broad SMARTS) is 1. The second kappa shape index (κ2) is 5.40. The number of hydrogen-bond acceptors (Lipinski definition) is 4. The summed E-state index contributed by atoms with van der Waals surface area (Å²) in [5.41, 5.74) is -0.282. The number of carboxylic acids is 1. The van der Waals surface area contributed by atoms with E-state index in [1.165, 1.54) is 0 Å². The minimum Gasteiger partial charge on any atom is -0.480 e. The van der Waals surface area contributed by atoms with Gasteiger partial charge in [0, 0.05) is 19.6 Å². The van der Waals surface area contributed by atoms with Crippen molar-refractivity contribution in [3.05, 3.63) is 35.9 Å². The monoisotopic (exact) mass is 263 g/mol. The van der Waals surface area contributed by atoms with Gasteiger partial charge in [-0.05, 0) is 12.5 Å². The van der Waals surface area contributed by atoms with E-state index < -0.39 is 17.4 Å². The van der Waals surface area contributed by atoms with E-state index in [4.69, 9.17) is 4.74 Å². The van der Waals surface area contributed by atoms with Crippen LogP contribution < -0.4 is 0 Å². The smallest absolute Gasteiger partial charge is 0.326 e. The number of hydrogen-bond donors (Lipinski definition) is 1. The van der Waals surface area contributed by atoms with Gasteiger partial charge in [-0.15, -0.1) is 0 Å². The molecule has 1 saturated heterocycles. The van der Waals surface area contributed by atoms with Crippen molar-refractivity contribution in [2.75, 3.05) is 19.7 Å². The number of aliphatic carboxylic acids is 1. The van der Waals surface area contributed by atoms with Gasteiger partial charge in [-0.3, -0.25) is 14.5 Å². The molecule has 19 heavy (non-hydrogen) atoms. The molecule has 1 fully saturated rings. The van der Waals surface area contributed by atoms with Crippen molar-refractivity contribution in [2.24, 2.45) is 5.41 Å². The van der Waals surface area contributed by atoms with Crippen molar-refractivity contribution >= 4 is 11.9 Å². The fourth-order valence-corrected chi connectivity index (χ4v) is 2.29. The minimum absolute atomic E-state index is 0.201. The van der Waals surface area contributed by atoms with Gasteiger partial charge in [0.2, 0.25) is 0 Å². The molecule has 0 aromatic heterocycles. The Bertz CT molecular complexity index is 466. The van der Waals surface area contributed by atoms with Crippen LogP contribution in [0.5, 0.6) is 0 Å². The van der Waals surface area contributed by atoms with Crippen LogP contribution in [0, 0.1) is 5.41 Å². The molecule has 1 N–H and O–H groups in total. The highest BCUT2D eigenvalue weighted by atomic mass is 16.5. The number of likely N-dealkylation sites (tertiary alicyclic amines) is 1. The molecule has 0 atom stereocenters. The highest BCUT2D eigenvalue weighted by Gasteiger charge is 2.56. The number of esters is 1. The van der Waals surface area contributed by atoms with Crippen LogP contribution in [0.15, 0.2) is 30.3 Å². The Morgan fingerprint density at radius 3 is 2.47 bits per heavy atom. The van der Waals surface area contributed by atoms with Crippen LogP contribution in [0.1, 0.15) is 12.5 Å². The molecule has 5 nitrogen and oxygen atoms in total. The first-order valence-electron chi connectivity index (χ1n) is 6.25. The first-order valence-corrected chi connectivity index (χ1v) is 6.25. The molecule has 1 aromatic carbocycles. The summed E-state index contributed by atoms with van der Waals surface area (Å²) in [6, 6.07) is 9.76. The van der Waals surface area contributed by atoms with Crippen LogP contribution in [-0.4, -0.2) is 41.6 Å². The molecule has 102 valence electrons. The summed E-state index contributed by atoms with van der Waals surface area (Å²) in [7, 11) is 0. The van der Waals surface area contributed by atoms with Gasteiger partial charge in [0.05, 0.1) is 6.61 Å². The maximum absolute atomic E-state index is 11.8. The number of carbonyl (C=O) groups excluding carboxylic acids is 1. The fraction of sp³-hybridized carbons (Fsp3) is 0.429. The Morgan fingerprint density at radius 2 is 1.95 bits per heavy atom. The number of nitrogens with zero attached hydrogens (tertiary/aromatic N) is 1. The maximum Gasteiger partial charge on any atom is 0.326 e. The summed E-state index contributed by atoms with van der Waals surface area (Å²) in [6.45, 7) is 2.93. The largest absolute Gasteiger partial charge is 0.480 e. The second-order valence-corrected chi connectivity index (χ2v) is 4.74. The molecule has 1 aliphatic rings. The van der Waals surface area contributed by atoms with E-state index in [1.807, 2.05) is 35.2 Å². The third kappa shape index (κ3) is 2.61. The number of carbonyl (C=O) groups is 2. The minimum atomic E-state index is -1.38. The molecule has 2 rings (SSSR count). The van der Waals surface area contributed by atoms with Crippen molar-refractivity contribution in [1.82, 2.24) is 4.90 Å². The van der Waals surface area contributed by atoms with Crippen molar-refractivity contribution < 1.29 is 19.4 Å². The zero-order valence-electron chi connectivity index (χ0n) is 10.8. The normalized spacial score (nSPS) is 17.5. The molecule has 0 radical (unpaired) electrons. The Kier molecular flexibility index (Phi) is 3.85. The van der Waals surface area contributed by atoms with E-state index in [2.05, 4.69) is 0 Å². The number of benzene rings is 1. The van der Waals surface area contributed by atoms with Crippen molar-refractivity contribution in [2.45, 2.75) is 13.5 Å². The first-order chi connectivity index (χ1) is 9.08. The molecule has 0 spiro atoms. The third-order valence-electron chi connectivity index (χ3n) is 3.31. The van der Waals surface area contributed by atoms with Gasteiger partial charge < -0.3 is 9.84 Å². The lowest BCUT2D eigenvalue weighted by Crippen LogP contribution is -2.64. The molecule has 1 heterocycles. The van der Waals surface area contributed by atoms with Crippen LogP contribution in [0.25, 0.3) is 0 Å². The molecule has 0 bridgehead atoms. The Labute approximate surface area is 111 Å². The van der Waals surface area contributed by atoms with Crippen LogP contribution in [-0.2, 0) is 20.9 Å². The van der Waals surface area contributed by atoms with Gasteiger partial charge in [-0.1, -0.05) is 30.3 Å². The first kappa shape index (κ1) is 13.5. The van der Waals surface area contributed by atoms with Crippen LogP contribution in [0.2, 0.25) is 0 Å². The van der Waals surface area contributed by atoms with E-state index in [1.54, 1.807) is 6.92 Å². The summed E-state index contributed by atoms with van der Waals surface area (Å²) in [6.07, 6.45) is 0. The lowest BCUT2D eigenvalue weighted by atomic mass is 9.79. The molecule has 0 amide bonds. The fourth-order valence-electron chi connectivity index (χ4n) is 2.29. The molecule has 1 aromatic rings. The summed E-state index contributed by atoms with van der Waals surface area (Å²) in [5, 5.41) is 9.24. The number of ether oxygens (including phenoxy) is 1. The SMILES string of the molecule is CCOC(=O)C1(C(=O)O)CN(Cc2ccccc2)C1. The van der Waals surface area contributed by atoms with E-state index >= 15 is 0 Å². The summed E-state index contributed by atoms with van der Waals surface area (Å²) in [5.74, 6) is -1.73. The average Bonchev–Trinajstić information content (AvgIpc) is 2.34. The Morgan fingerprint density at radius 1 is 1.32 bits per heavy atom. The second-order valence-electron chi connectivity index (χ2n) is 4.74. The predicted molar refractivity (Wildman–Crippen MR) is 68.4 cm³/mol. The van der Waals surface area contributed by atoms with E-state index in [0.717, 1.165) is 5.56 Å². The van der Waals surface area contributed by atoms with Gasteiger partial charge in [0.15, 0.2) is 5.41 Å². The topological polar surface area (TPSA) is 66.8 Å². The Hall–Kier alpha value is -1.88. The average molecular weight is 263 g/mol. The third-order valence-corrected chi connectivity index (χ3v) is 3.31. The van der Waals surface area contributed by atoms with Gasteiger partial charge in [0.25, 0.3) is 0 Å². The highest BCUT2D eigenvalue weighted by Crippen LogP contribution is 2.33. The van der Waals surface area contributed by atoms with Crippen LogP contribution >= 0.6 is 0 Å². The number of rotatable bonds is 5. The van der Waals surface area contributed by atoms with E-state index in [-0.39, 0.29) is 19.7 Å². The Balaban J connectivity index is 1.98.